The van der Waals surface area contributed by atoms with E-state index in [1.54, 1.807) is 22.8 Å². The number of aldehydes is 1. The summed E-state index contributed by atoms with van der Waals surface area (Å²) in [5.74, 6) is 1.09. The number of aryl methyl sites for hydroxylation is 2. The second kappa shape index (κ2) is 7.22. The van der Waals surface area contributed by atoms with Crippen LogP contribution in [0.25, 0.3) is 5.69 Å². The number of benzene rings is 1. The maximum Gasteiger partial charge on any atom is 0.261 e. The molecule has 0 atom stereocenters. The first kappa shape index (κ1) is 16.9. The van der Waals surface area contributed by atoms with Crippen molar-refractivity contribution in [2.45, 2.75) is 40.5 Å². The average Bonchev–Trinajstić information content (AvgIpc) is 2.55. The van der Waals surface area contributed by atoms with Gasteiger partial charge in [0.2, 0.25) is 0 Å². The number of rotatable bonds is 6. The smallest absolute Gasteiger partial charge is 0.261 e. The van der Waals surface area contributed by atoms with Gasteiger partial charge >= 0.3 is 0 Å². The van der Waals surface area contributed by atoms with Crippen LogP contribution in [0.3, 0.4) is 0 Å². The zero-order valence-corrected chi connectivity index (χ0v) is 14.0. The molecule has 5 heteroatoms. The average molecular weight is 314 g/mol. The molecule has 23 heavy (non-hydrogen) atoms. The van der Waals surface area contributed by atoms with E-state index < -0.39 is 0 Å². The van der Waals surface area contributed by atoms with Gasteiger partial charge in [0.25, 0.3) is 5.56 Å². The maximum absolute atomic E-state index is 12.9. The number of hydrogen-bond donors (Lipinski definition) is 0. The van der Waals surface area contributed by atoms with Crippen molar-refractivity contribution in [1.29, 1.82) is 0 Å². The van der Waals surface area contributed by atoms with Gasteiger partial charge in [0.15, 0.2) is 12.0 Å². The molecule has 0 aliphatic carbocycles. The van der Waals surface area contributed by atoms with Crippen molar-refractivity contribution in [2.24, 2.45) is 0 Å². The highest BCUT2D eigenvalue weighted by Gasteiger charge is 2.18. The summed E-state index contributed by atoms with van der Waals surface area (Å²) in [6.45, 7) is 8.00. The summed E-state index contributed by atoms with van der Waals surface area (Å²) in [6, 6.07) is 5.22. The number of carbonyl (C=O) groups excluding carboxylic acids is 1. The molecule has 0 spiro atoms. The number of hydrogen-bond acceptors (Lipinski definition) is 4. The van der Waals surface area contributed by atoms with Crippen molar-refractivity contribution < 1.29 is 9.53 Å². The topological polar surface area (TPSA) is 61.2 Å². The molecule has 1 aromatic heterocycles. The third kappa shape index (κ3) is 3.04. The highest BCUT2D eigenvalue weighted by molar-refractivity contribution is 5.82. The van der Waals surface area contributed by atoms with Crippen molar-refractivity contribution in [1.82, 2.24) is 9.55 Å². The molecule has 0 aliphatic rings. The first-order valence-electron chi connectivity index (χ1n) is 7.91. The molecule has 0 amide bonds. The van der Waals surface area contributed by atoms with Crippen molar-refractivity contribution in [3.05, 3.63) is 51.2 Å². The lowest BCUT2D eigenvalue weighted by Gasteiger charge is -2.18. The van der Waals surface area contributed by atoms with E-state index in [-0.39, 0.29) is 5.56 Å². The Morgan fingerprint density at radius 3 is 2.52 bits per heavy atom. The summed E-state index contributed by atoms with van der Waals surface area (Å²) < 4.78 is 7.23. The van der Waals surface area contributed by atoms with E-state index in [0.29, 0.717) is 47.8 Å². The Morgan fingerprint density at radius 2 is 1.96 bits per heavy atom. The predicted molar refractivity (Wildman–Crippen MR) is 89.9 cm³/mol. The fourth-order valence-corrected chi connectivity index (χ4v) is 2.72. The normalized spacial score (nSPS) is 10.6. The summed E-state index contributed by atoms with van der Waals surface area (Å²) in [4.78, 5) is 28.8. The van der Waals surface area contributed by atoms with Crippen LogP contribution in [0.4, 0.5) is 0 Å². The molecule has 1 aromatic carbocycles. The first-order valence-corrected chi connectivity index (χ1v) is 7.91. The lowest BCUT2D eigenvalue weighted by atomic mass is 10.1. The number of aromatic nitrogens is 2. The second-order valence-corrected chi connectivity index (χ2v) is 5.19. The Kier molecular flexibility index (Phi) is 5.32. The van der Waals surface area contributed by atoms with E-state index in [0.717, 1.165) is 12.0 Å². The number of ether oxygens (including phenoxy) is 1. The van der Waals surface area contributed by atoms with Gasteiger partial charge in [0.05, 0.1) is 17.9 Å². The molecule has 0 bridgehead atoms. The Bertz CT molecular complexity index is 779. The minimum atomic E-state index is -0.0964. The van der Waals surface area contributed by atoms with Gasteiger partial charge in [-0.1, -0.05) is 19.9 Å². The molecular weight excluding hydrogens is 292 g/mol. The van der Waals surface area contributed by atoms with Crippen molar-refractivity contribution in [2.75, 3.05) is 6.61 Å². The van der Waals surface area contributed by atoms with E-state index >= 15 is 0 Å². The van der Waals surface area contributed by atoms with Gasteiger partial charge in [-0.05, 0) is 32.4 Å². The first-order chi connectivity index (χ1) is 11.1. The van der Waals surface area contributed by atoms with Crippen molar-refractivity contribution in [3.8, 4) is 11.4 Å². The molecule has 0 saturated heterocycles. The van der Waals surface area contributed by atoms with E-state index in [2.05, 4.69) is 4.98 Å². The fraction of sp³-hybridized carbons (Fsp3) is 0.389. The molecule has 122 valence electrons. The second-order valence-electron chi connectivity index (χ2n) is 5.19. The summed E-state index contributed by atoms with van der Waals surface area (Å²) in [6.07, 6.45) is 1.96. The lowest BCUT2D eigenvalue weighted by Crippen LogP contribution is -2.28. The van der Waals surface area contributed by atoms with Crippen molar-refractivity contribution >= 4 is 6.29 Å². The van der Waals surface area contributed by atoms with Crippen LogP contribution in [0.1, 0.15) is 48.2 Å². The highest BCUT2D eigenvalue weighted by Crippen LogP contribution is 2.27. The zero-order chi connectivity index (χ0) is 17.0. The van der Waals surface area contributed by atoms with E-state index in [4.69, 9.17) is 4.74 Å². The Balaban J connectivity index is 2.86. The molecule has 5 nitrogen and oxygen atoms in total. The monoisotopic (exact) mass is 314 g/mol. The molecule has 0 fully saturated rings. The van der Waals surface area contributed by atoms with E-state index in [1.165, 1.54) is 0 Å². The zero-order valence-electron chi connectivity index (χ0n) is 14.0. The Hall–Kier alpha value is -2.43. The summed E-state index contributed by atoms with van der Waals surface area (Å²) in [5, 5.41) is 0. The molecule has 0 saturated carbocycles. The minimum Gasteiger partial charge on any atom is -0.491 e. The highest BCUT2D eigenvalue weighted by atomic mass is 16.5. The van der Waals surface area contributed by atoms with Gasteiger partial charge in [-0.15, -0.1) is 0 Å². The van der Waals surface area contributed by atoms with Crippen LogP contribution < -0.4 is 10.3 Å². The Labute approximate surface area is 135 Å². The van der Waals surface area contributed by atoms with Crippen LogP contribution in [0.15, 0.2) is 23.0 Å². The van der Waals surface area contributed by atoms with Crippen molar-refractivity contribution in [3.63, 3.8) is 0 Å². The molecule has 0 radical (unpaired) electrons. The standard InChI is InChI=1S/C18H22N2O3/c1-5-14-12(4)19-16(6-2)20(18(14)22)15-10-8-9-13(11-21)17(15)23-7-3/h8-11H,5-7H2,1-4H3. The van der Waals surface area contributed by atoms with Gasteiger partial charge in [-0.2, -0.15) is 0 Å². The van der Waals surface area contributed by atoms with E-state index in [1.807, 2.05) is 27.7 Å². The predicted octanol–water partition coefficient (Wildman–Crippen LogP) is 2.88. The quantitative estimate of drug-likeness (QED) is 0.769. The number of carbonyl (C=O) groups is 1. The largest absolute Gasteiger partial charge is 0.491 e. The molecule has 0 unspecified atom stereocenters. The molecule has 2 aromatic rings. The molecule has 0 N–H and O–H groups in total. The third-order valence-corrected chi connectivity index (χ3v) is 3.80. The van der Waals surface area contributed by atoms with Gasteiger partial charge in [0.1, 0.15) is 5.82 Å². The SMILES string of the molecule is CCOc1c(C=O)cccc1-n1c(CC)nc(C)c(CC)c1=O. The number of para-hydroxylation sites is 1. The molecule has 1 heterocycles. The van der Waals surface area contributed by atoms with Crippen LogP contribution >= 0.6 is 0 Å². The van der Waals surface area contributed by atoms with Gasteiger partial charge in [-0.25, -0.2) is 4.98 Å². The Morgan fingerprint density at radius 1 is 1.22 bits per heavy atom. The van der Waals surface area contributed by atoms with Crippen LogP contribution in [-0.2, 0) is 12.8 Å². The van der Waals surface area contributed by atoms with Crippen LogP contribution in [0.5, 0.6) is 5.75 Å². The summed E-state index contributed by atoms with van der Waals surface area (Å²) in [7, 11) is 0. The molecular formula is C18H22N2O3. The summed E-state index contributed by atoms with van der Waals surface area (Å²) in [5.41, 5.74) is 2.34. The van der Waals surface area contributed by atoms with E-state index in [9.17, 15) is 9.59 Å². The molecule has 2 rings (SSSR count). The molecule has 0 aliphatic heterocycles. The van der Waals surface area contributed by atoms with Crippen LogP contribution in [0.2, 0.25) is 0 Å². The third-order valence-electron chi connectivity index (χ3n) is 3.80. The van der Waals surface area contributed by atoms with Gasteiger partial charge < -0.3 is 4.74 Å². The van der Waals surface area contributed by atoms with Gasteiger partial charge in [0, 0.05) is 17.7 Å². The van der Waals surface area contributed by atoms with Crippen LogP contribution in [0, 0.1) is 6.92 Å². The number of nitrogens with zero attached hydrogens (tertiary/aromatic N) is 2. The maximum atomic E-state index is 12.9. The summed E-state index contributed by atoms with van der Waals surface area (Å²) >= 11 is 0. The lowest BCUT2D eigenvalue weighted by molar-refractivity contribution is 0.111. The van der Waals surface area contributed by atoms with Gasteiger partial charge in [-0.3, -0.25) is 14.2 Å². The van der Waals surface area contributed by atoms with Crippen LogP contribution in [-0.4, -0.2) is 22.4 Å². The minimum absolute atomic E-state index is 0.0964. The fourth-order valence-electron chi connectivity index (χ4n) is 2.72.